The third-order valence-corrected chi connectivity index (χ3v) is 8.12. The summed E-state index contributed by atoms with van der Waals surface area (Å²) >= 11 is 0. The Hall–Kier alpha value is -2.17. The monoisotopic (exact) mass is 464 g/mol. The third kappa shape index (κ3) is 4.88. The van der Waals surface area contributed by atoms with Crippen LogP contribution in [0.2, 0.25) is 0 Å². The van der Waals surface area contributed by atoms with Crippen LogP contribution in [0.15, 0.2) is 72.8 Å². The summed E-state index contributed by atoms with van der Waals surface area (Å²) in [5, 5.41) is 0. The fourth-order valence-corrected chi connectivity index (χ4v) is 6.87. The van der Waals surface area contributed by atoms with Crippen molar-refractivity contribution >= 4 is 21.3 Å². The first-order chi connectivity index (χ1) is 15.9. The highest BCUT2D eigenvalue weighted by atomic mass is 32.2. The molecule has 0 bridgehead atoms. The van der Waals surface area contributed by atoms with Crippen LogP contribution in [0.25, 0.3) is 11.1 Å². The molecule has 1 fully saturated rings. The minimum atomic E-state index is -3.54. The van der Waals surface area contributed by atoms with E-state index in [9.17, 15) is 8.42 Å². The highest BCUT2D eigenvalue weighted by Crippen LogP contribution is 2.66. The van der Waals surface area contributed by atoms with Crippen molar-refractivity contribution in [1.82, 2.24) is 0 Å². The molecular weight excluding hydrogens is 428 g/mol. The van der Waals surface area contributed by atoms with Crippen LogP contribution in [0, 0.1) is 11.3 Å². The van der Waals surface area contributed by atoms with Crippen LogP contribution in [0.5, 0.6) is 0 Å². The summed E-state index contributed by atoms with van der Waals surface area (Å²) in [6.45, 7) is 6.89. The van der Waals surface area contributed by atoms with Crippen molar-refractivity contribution in [3.05, 3.63) is 83.9 Å². The molecule has 2 aliphatic carbocycles. The minimum absolute atomic E-state index is 0.0799. The van der Waals surface area contributed by atoms with Crippen molar-refractivity contribution < 1.29 is 12.6 Å². The molecule has 3 atom stereocenters. The Morgan fingerprint density at radius 3 is 2.33 bits per heavy atom. The van der Waals surface area contributed by atoms with Crippen LogP contribution in [-0.4, -0.2) is 20.8 Å². The van der Waals surface area contributed by atoms with Crippen LogP contribution < -0.4 is 0 Å². The molecule has 0 N–H and O–H groups in total. The maximum atomic E-state index is 12.1. The highest BCUT2D eigenvalue weighted by molar-refractivity contribution is 7.86. The lowest BCUT2D eigenvalue weighted by Gasteiger charge is -2.37. The van der Waals surface area contributed by atoms with E-state index < -0.39 is 10.1 Å². The molecule has 0 aliphatic heterocycles. The topological polar surface area (TPSA) is 43.4 Å². The van der Waals surface area contributed by atoms with E-state index in [0.29, 0.717) is 0 Å². The Kier molecular flexibility index (Phi) is 7.25. The molecule has 2 aromatic carbocycles. The van der Waals surface area contributed by atoms with Crippen LogP contribution in [0.4, 0.5) is 0 Å². The van der Waals surface area contributed by atoms with E-state index >= 15 is 0 Å². The Labute approximate surface area is 199 Å². The van der Waals surface area contributed by atoms with Gasteiger partial charge in [-0.25, -0.2) is 0 Å². The molecule has 0 saturated heterocycles. The molecule has 0 aromatic heterocycles. The fraction of sp³-hybridized carbons (Fsp3) is 0.448. The number of unbranched alkanes of at least 4 members (excludes halogenated alkanes) is 3. The van der Waals surface area contributed by atoms with Crippen molar-refractivity contribution in [2.45, 2.75) is 64.4 Å². The van der Waals surface area contributed by atoms with E-state index in [-0.39, 0.29) is 17.4 Å². The molecule has 2 aliphatic rings. The molecular formula is C29H36O3S. The largest absolute Gasteiger partial charge is 0.267 e. The maximum absolute atomic E-state index is 12.1. The Morgan fingerprint density at radius 2 is 1.70 bits per heavy atom. The molecule has 1 saturated carbocycles. The van der Waals surface area contributed by atoms with Crippen LogP contribution in [-0.2, 0) is 14.3 Å². The average Bonchev–Trinajstić information content (AvgIpc) is 3.31. The van der Waals surface area contributed by atoms with E-state index in [1.165, 1.54) is 42.2 Å². The lowest BCUT2D eigenvalue weighted by Crippen LogP contribution is -2.31. The number of benzene rings is 2. The lowest BCUT2D eigenvalue weighted by molar-refractivity contribution is 0.152. The van der Waals surface area contributed by atoms with Gasteiger partial charge in [-0.2, -0.15) is 8.42 Å². The highest BCUT2D eigenvalue weighted by Gasteiger charge is 2.58. The zero-order valence-electron chi connectivity index (χ0n) is 19.9. The Balaban J connectivity index is 1.83. The van der Waals surface area contributed by atoms with E-state index in [2.05, 4.69) is 68.1 Å². The van der Waals surface area contributed by atoms with Crippen LogP contribution >= 0.6 is 0 Å². The molecule has 0 spiro atoms. The number of hydrogen-bond donors (Lipinski definition) is 0. The minimum Gasteiger partial charge on any atom is -0.267 e. The second-order valence-corrected chi connectivity index (χ2v) is 11.3. The smallest absolute Gasteiger partial charge is 0.264 e. The van der Waals surface area contributed by atoms with Crippen LogP contribution in [0.1, 0.15) is 69.4 Å². The summed E-state index contributed by atoms with van der Waals surface area (Å²) in [5.74, 6) is 0.0799. The number of rotatable bonds is 10. The SMILES string of the molecule is C=C(c1ccccc1)C12CCC(OS(C)(=O)=O)C1CC(CCCCCC)=C2c1ccccc1. The van der Waals surface area contributed by atoms with Gasteiger partial charge in [0.1, 0.15) is 0 Å². The maximum Gasteiger partial charge on any atom is 0.264 e. The zero-order valence-corrected chi connectivity index (χ0v) is 20.7. The van der Waals surface area contributed by atoms with E-state index in [4.69, 9.17) is 4.18 Å². The van der Waals surface area contributed by atoms with Gasteiger partial charge in [0.05, 0.1) is 12.4 Å². The van der Waals surface area contributed by atoms with E-state index in [1.54, 1.807) is 0 Å². The quantitative estimate of drug-likeness (QED) is 0.274. The summed E-state index contributed by atoms with van der Waals surface area (Å²) in [7, 11) is -3.54. The molecule has 0 amide bonds. The van der Waals surface area contributed by atoms with Gasteiger partial charge in [-0.3, -0.25) is 4.18 Å². The van der Waals surface area contributed by atoms with Crippen LogP contribution in [0.3, 0.4) is 0 Å². The van der Waals surface area contributed by atoms with Gasteiger partial charge in [-0.15, -0.1) is 0 Å². The van der Waals surface area contributed by atoms with E-state index in [0.717, 1.165) is 43.2 Å². The van der Waals surface area contributed by atoms with E-state index in [1.807, 2.05) is 6.07 Å². The first-order valence-electron chi connectivity index (χ1n) is 12.3. The molecule has 2 aromatic rings. The van der Waals surface area contributed by atoms with Crippen molar-refractivity contribution in [3.63, 3.8) is 0 Å². The molecule has 33 heavy (non-hydrogen) atoms. The normalized spacial score (nSPS) is 24.8. The Morgan fingerprint density at radius 1 is 1.03 bits per heavy atom. The molecule has 3 nitrogen and oxygen atoms in total. The molecule has 4 rings (SSSR count). The second-order valence-electron chi connectivity index (χ2n) is 9.66. The van der Waals surface area contributed by atoms with Crippen molar-refractivity contribution in [1.29, 1.82) is 0 Å². The first kappa shape index (κ1) is 24.0. The van der Waals surface area contributed by atoms with Gasteiger partial charge in [0.2, 0.25) is 0 Å². The van der Waals surface area contributed by atoms with Gasteiger partial charge in [0.15, 0.2) is 0 Å². The fourth-order valence-electron chi connectivity index (χ4n) is 6.19. The molecule has 4 heteroatoms. The molecule has 0 radical (unpaired) electrons. The van der Waals surface area contributed by atoms with Crippen molar-refractivity contribution in [2.24, 2.45) is 11.3 Å². The average molecular weight is 465 g/mol. The van der Waals surface area contributed by atoms with Gasteiger partial charge in [-0.05, 0) is 54.4 Å². The molecule has 0 heterocycles. The predicted octanol–water partition coefficient (Wildman–Crippen LogP) is 7.27. The summed E-state index contributed by atoms with van der Waals surface area (Å²) < 4.78 is 30.0. The number of fused-ring (bicyclic) bond motifs is 1. The van der Waals surface area contributed by atoms with Crippen molar-refractivity contribution in [3.8, 4) is 0 Å². The number of allylic oxidation sites excluding steroid dienone is 3. The van der Waals surface area contributed by atoms with Gasteiger partial charge < -0.3 is 0 Å². The second kappa shape index (κ2) is 9.99. The predicted molar refractivity (Wildman–Crippen MR) is 137 cm³/mol. The van der Waals surface area contributed by atoms with Crippen molar-refractivity contribution in [2.75, 3.05) is 6.26 Å². The summed E-state index contributed by atoms with van der Waals surface area (Å²) in [6.07, 6.45) is 9.22. The van der Waals surface area contributed by atoms with Gasteiger partial charge in [0, 0.05) is 11.3 Å². The molecule has 176 valence electrons. The first-order valence-corrected chi connectivity index (χ1v) is 14.1. The summed E-state index contributed by atoms with van der Waals surface area (Å²) in [4.78, 5) is 0. The Bertz CT molecular complexity index is 1100. The van der Waals surface area contributed by atoms with Gasteiger partial charge in [-0.1, -0.05) is 99.0 Å². The standard InChI is InChI=1S/C29H36O3S/c1-4-5-6-9-18-25-21-26-27(32-33(3,30)31)19-20-29(26,22(2)23-14-10-7-11-15-23)28(25)24-16-12-8-13-17-24/h7-8,10-17,26-27H,2,4-6,9,18-21H2,1,3H3. The van der Waals surface area contributed by atoms with Gasteiger partial charge >= 0.3 is 0 Å². The van der Waals surface area contributed by atoms with Gasteiger partial charge in [0.25, 0.3) is 10.1 Å². The zero-order chi connectivity index (χ0) is 23.5. The lowest BCUT2D eigenvalue weighted by atomic mass is 9.66. The number of hydrogen-bond acceptors (Lipinski definition) is 3. The molecule has 3 unspecified atom stereocenters. The third-order valence-electron chi connectivity index (χ3n) is 7.52. The summed E-state index contributed by atoms with van der Waals surface area (Å²) in [5.41, 5.74) is 5.98. The summed E-state index contributed by atoms with van der Waals surface area (Å²) in [6, 6.07) is 21.0.